The van der Waals surface area contributed by atoms with Gasteiger partial charge in [0.05, 0.1) is 10.7 Å². The van der Waals surface area contributed by atoms with Crippen LogP contribution in [0.15, 0.2) is 53.1 Å². The summed E-state index contributed by atoms with van der Waals surface area (Å²) in [5.74, 6) is 5.83. The highest BCUT2D eigenvalue weighted by Crippen LogP contribution is 2.39. The molecular formula is C17H15BrN4O4. The second-order valence-electron chi connectivity index (χ2n) is 5.18. The molecule has 1 amide bonds. The lowest BCUT2D eigenvalue weighted by atomic mass is 10.1. The van der Waals surface area contributed by atoms with Crippen molar-refractivity contribution < 1.29 is 19.4 Å². The van der Waals surface area contributed by atoms with Crippen LogP contribution in [0.2, 0.25) is 0 Å². The topological polar surface area (TPSA) is 122 Å². The Bertz CT molecular complexity index is 929. The van der Waals surface area contributed by atoms with Gasteiger partial charge in [-0.05, 0) is 40.2 Å². The van der Waals surface area contributed by atoms with E-state index in [0.717, 1.165) is 4.47 Å². The highest BCUT2D eigenvalue weighted by molar-refractivity contribution is 9.10. The molecule has 0 fully saturated rings. The first-order valence-electron chi connectivity index (χ1n) is 7.50. The zero-order valence-electron chi connectivity index (χ0n) is 13.4. The molecular weight excluding hydrogens is 404 g/mol. The summed E-state index contributed by atoms with van der Waals surface area (Å²) in [6.07, 6.45) is 1.52. The van der Waals surface area contributed by atoms with E-state index in [1.54, 1.807) is 18.2 Å². The number of carbonyl (C=O) groups excluding carboxylic acids is 1. The lowest BCUT2D eigenvalue weighted by Gasteiger charge is -2.10. The lowest BCUT2D eigenvalue weighted by molar-refractivity contribution is -0.123. The van der Waals surface area contributed by atoms with Crippen LogP contribution in [0.4, 0.5) is 0 Å². The van der Waals surface area contributed by atoms with Crippen LogP contribution in [-0.4, -0.2) is 27.8 Å². The van der Waals surface area contributed by atoms with Crippen molar-refractivity contribution in [3.63, 3.8) is 0 Å². The lowest BCUT2D eigenvalue weighted by Crippen LogP contribution is -2.34. The third-order valence-corrected chi connectivity index (χ3v) is 4.09. The number of amides is 1. The smallest absolute Gasteiger partial charge is 0.271 e. The molecule has 0 aliphatic heterocycles. The average molecular weight is 419 g/mol. The highest BCUT2D eigenvalue weighted by atomic mass is 79.9. The Kier molecular flexibility index (Phi) is 5.40. The Balaban J connectivity index is 1.83. The summed E-state index contributed by atoms with van der Waals surface area (Å²) in [5.41, 5.74) is 2.94. The number of ether oxygens (including phenoxy) is 2. The normalized spacial score (nSPS) is 10.4. The molecule has 134 valence electrons. The molecule has 0 aliphatic rings. The Labute approximate surface area is 157 Å². The van der Waals surface area contributed by atoms with Crippen molar-refractivity contribution in [1.82, 2.24) is 15.6 Å². The maximum absolute atomic E-state index is 11.1. The number of H-pyrrole nitrogens is 1. The number of aromatic nitrogens is 2. The summed E-state index contributed by atoms with van der Waals surface area (Å²) in [4.78, 5) is 11.1. The number of carbonyl (C=O) groups is 1. The number of nitrogens with zero attached hydrogens (tertiary/aromatic N) is 1. The van der Waals surface area contributed by atoms with Crippen LogP contribution < -0.4 is 20.7 Å². The van der Waals surface area contributed by atoms with E-state index in [9.17, 15) is 9.90 Å². The van der Waals surface area contributed by atoms with Gasteiger partial charge in [-0.15, -0.1) is 0 Å². The van der Waals surface area contributed by atoms with Gasteiger partial charge in [-0.1, -0.05) is 12.1 Å². The Morgan fingerprint density at radius 3 is 2.81 bits per heavy atom. The Morgan fingerprint density at radius 1 is 1.27 bits per heavy atom. The van der Waals surface area contributed by atoms with Gasteiger partial charge in [-0.3, -0.25) is 15.3 Å². The molecule has 3 rings (SSSR count). The van der Waals surface area contributed by atoms with E-state index in [1.807, 2.05) is 23.6 Å². The molecule has 26 heavy (non-hydrogen) atoms. The van der Waals surface area contributed by atoms with Crippen LogP contribution in [0.1, 0.15) is 0 Å². The predicted octanol–water partition coefficient (Wildman–Crippen LogP) is 2.71. The number of nitrogens with two attached hydrogens (primary N) is 1. The quantitative estimate of drug-likeness (QED) is 0.277. The molecule has 2 aromatic carbocycles. The molecule has 0 saturated heterocycles. The van der Waals surface area contributed by atoms with Gasteiger partial charge in [0, 0.05) is 11.6 Å². The predicted molar refractivity (Wildman–Crippen MR) is 97.7 cm³/mol. The number of phenolic OH excluding ortho intramolecular Hbond substituents is 1. The van der Waals surface area contributed by atoms with E-state index >= 15 is 0 Å². The number of aromatic hydroxyl groups is 1. The van der Waals surface area contributed by atoms with Crippen LogP contribution in [0.5, 0.6) is 23.0 Å². The fraction of sp³-hybridized carbons (Fsp3) is 0.0588. The molecule has 0 aliphatic carbocycles. The first kappa shape index (κ1) is 17.8. The van der Waals surface area contributed by atoms with Crippen LogP contribution in [0.3, 0.4) is 0 Å². The van der Waals surface area contributed by atoms with Crippen LogP contribution in [-0.2, 0) is 4.79 Å². The van der Waals surface area contributed by atoms with Gasteiger partial charge in [-0.25, -0.2) is 5.84 Å². The van der Waals surface area contributed by atoms with E-state index in [2.05, 4.69) is 26.1 Å². The van der Waals surface area contributed by atoms with Crippen molar-refractivity contribution >= 4 is 21.8 Å². The number of halogens is 1. The first-order valence-corrected chi connectivity index (χ1v) is 8.29. The fourth-order valence-electron chi connectivity index (χ4n) is 2.19. The number of aromatic amines is 1. The number of para-hydroxylation sites is 1. The van der Waals surface area contributed by atoms with Gasteiger partial charge in [0.15, 0.2) is 12.4 Å². The minimum absolute atomic E-state index is 0.0584. The molecule has 0 unspecified atom stereocenters. The van der Waals surface area contributed by atoms with Crippen molar-refractivity contribution in [3.8, 4) is 34.3 Å². The Morgan fingerprint density at radius 2 is 2.08 bits per heavy atom. The monoisotopic (exact) mass is 418 g/mol. The first-order chi connectivity index (χ1) is 12.6. The van der Waals surface area contributed by atoms with Gasteiger partial charge in [0.1, 0.15) is 22.9 Å². The van der Waals surface area contributed by atoms with Crippen LogP contribution in [0, 0.1) is 0 Å². The summed E-state index contributed by atoms with van der Waals surface area (Å²) in [6.45, 7) is -0.254. The highest BCUT2D eigenvalue weighted by Gasteiger charge is 2.15. The molecule has 1 aromatic heterocycles. The molecule has 5 N–H and O–H groups in total. The van der Waals surface area contributed by atoms with E-state index in [4.69, 9.17) is 15.3 Å². The number of phenols is 1. The van der Waals surface area contributed by atoms with Crippen LogP contribution in [0.25, 0.3) is 11.3 Å². The minimum Gasteiger partial charge on any atom is -0.507 e. The molecule has 1 heterocycles. The molecule has 0 spiro atoms. The Hall–Kier alpha value is -3.04. The number of hydrogen-bond donors (Lipinski definition) is 4. The zero-order chi connectivity index (χ0) is 18.5. The molecule has 0 saturated carbocycles. The zero-order valence-corrected chi connectivity index (χ0v) is 15.0. The second-order valence-corrected chi connectivity index (χ2v) is 6.03. The maximum atomic E-state index is 11.1. The van der Waals surface area contributed by atoms with Gasteiger partial charge in [0.2, 0.25) is 0 Å². The van der Waals surface area contributed by atoms with Crippen molar-refractivity contribution in [2.45, 2.75) is 0 Å². The summed E-state index contributed by atoms with van der Waals surface area (Å²) in [5, 5.41) is 17.1. The number of benzene rings is 2. The number of nitrogens with one attached hydrogen (secondary N) is 2. The van der Waals surface area contributed by atoms with E-state index in [1.165, 1.54) is 12.3 Å². The molecule has 0 radical (unpaired) electrons. The van der Waals surface area contributed by atoms with E-state index in [-0.39, 0.29) is 12.4 Å². The number of hydrogen-bond acceptors (Lipinski definition) is 6. The fourth-order valence-corrected chi connectivity index (χ4v) is 2.56. The van der Waals surface area contributed by atoms with Crippen molar-refractivity contribution in [2.24, 2.45) is 5.84 Å². The van der Waals surface area contributed by atoms with Crippen molar-refractivity contribution in [3.05, 3.63) is 53.1 Å². The summed E-state index contributed by atoms with van der Waals surface area (Å²) in [7, 11) is 0. The molecule has 9 heteroatoms. The van der Waals surface area contributed by atoms with Gasteiger partial charge >= 0.3 is 0 Å². The summed E-state index contributed by atoms with van der Waals surface area (Å²) in [6, 6.07) is 12.0. The van der Waals surface area contributed by atoms with Gasteiger partial charge in [0.25, 0.3) is 5.91 Å². The second kappa shape index (κ2) is 7.89. The van der Waals surface area contributed by atoms with Crippen molar-refractivity contribution in [1.29, 1.82) is 0 Å². The van der Waals surface area contributed by atoms with Gasteiger partial charge < -0.3 is 14.6 Å². The largest absolute Gasteiger partial charge is 0.507 e. The summed E-state index contributed by atoms with van der Waals surface area (Å²) >= 11 is 3.42. The number of rotatable bonds is 6. The van der Waals surface area contributed by atoms with Gasteiger partial charge in [-0.2, -0.15) is 5.10 Å². The third kappa shape index (κ3) is 3.95. The standard InChI is InChI=1S/C17H15BrN4O4/c18-12-3-1-2-4-14(12)26-15-8-20-22-17(15)11-6-5-10(7-13(11)23)25-9-16(24)21-19/h1-8,23H,9,19H2,(H,20,22)(H,21,24). The van der Waals surface area contributed by atoms with Crippen LogP contribution >= 0.6 is 15.9 Å². The maximum Gasteiger partial charge on any atom is 0.271 e. The molecule has 0 bridgehead atoms. The SMILES string of the molecule is NNC(=O)COc1ccc(-c2[nH]ncc2Oc2ccccc2Br)c(O)c1. The number of hydrazine groups is 1. The summed E-state index contributed by atoms with van der Waals surface area (Å²) < 4.78 is 11.9. The average Bonchev–Trinajstić information content (AvgIpc) is 3.09. The molecule has 8 nitrogen and oxygen atoms in total. The molecule has 3 aromatic rings. The third-order valence-electron chi connectivity index (χ3n) is 3.43. The van der Waals surface area contributed by atoms with E-state index in [0.29, 0.717) is 28.5 Å². The van der Waals surface area contributed by atoms with E-state index < -0.39 is 5.91 Å². The minimum atomic E-state index is -0.480. The molecule has 0 atom stereocenters. The van der Waals surface area contributed by atoms with Crippen molar-refractivity contribution in [2.75, 3.05) is 6.61 Å².